The van der Waals surface area contributed by atoms with Crippen molar-refractivity contribution in [1.29, 1.82) is 5.26 Å². The Morgan fingerprint density at radius 1 is 1.53 bits per heavy atom. The van der Waals surface area contributed by atoms with Crippen molar-refractivity contribution < 1.29 is 8.42 Å². The van der Waals surface area contributed by atoms with Gasteiger partial charge in [-0.1, -0.05) is 0 Å². The van der Waals surface area contributed by atoms with Crippen LogP contribution in [0.5, 0.6) is 0 Å². The normalized spacial score (nSPS) is 22.6. The van der Waals surface area contributed by atoms with E-state index in [0.717, 1.165) is 6.42 Å². The Morgan fingerprint density at radius 2 is 2.35 bits per heavy atom. The molecule has 1 fully saturated rings. The molecule has 0 radical (unpaired) electrons. The lowest BCUT2D eigenvalue weighted by molar-refractivity contribution is 0.561. The van der Waals surface area contributed by atoms with E-state index < -0.39 is 9.84 Å². The Kier molecular flexibility index (Phi) is 3.29. The number of nitrogens with zero attached hydrogens (tertiary/aromatic N) is 2. The molecule has 2 heterocycles. The lowest BCUT2D eigenvalue weighted by atomic mass is 10.1. The fourth-order valence-corrected chi connectivity index (χ4v) is 3.58. The number of pyridine rings is 1. The summed E-state index contributed by atoms with van der Waals surface area (Å²) in [7, 11) is -2.94. The van der Waals surface area contributed by atoms with E-state index in [1.165, 1.54) is 0 Å². The summed E-state index contributed by atoms with van der Waals surface area (Å²) >= 11 is 0. The van der Waals surface area contributed by atoms with Crippen LogP contribution in [0.15, 0.2) is 18.3 Å². The highest BCUT2D eigenvalue weighted by atomic mass is 32.2. The van der Waals surface area contributed by atoms with Gasteiger partial charge in [0.2, 0.25) is 0 Å². The van der Waals surface area contributed by atoms with Crippen LogP contribution in [0, 0.1) is 11.3 Å². The molecule has 1 atom stereocenters. The highest BCUT2D eigenvalue weighted by Crippen LogP contribution is 2.18. The van der Waals surface area contributed by atoms with E-state index in [1.54, 1.807) is 18.3 Å². The SMILES string of the molecule is N#Cc1cccnc1NC1CCCS(=O)(=O)C1. The van der Waals surface area contributed by atoms with Crippen LogP contribution in [-0.2, 0) is 9.84 Å². The van der Waals surface area contributed by atoms with E-state index >= 15 is 0 Å². The van der Waals surface area contributed by atoms with Gasteiger partial charge in [0.15, 0.2) is 9.84 Å². The summed E-state index contributed by atoms with van der Waals surface area (Å²) in [5.41, 5.74) is 0.440. The Balaban J connectivity index is 2.14. The average Bonchev–Trinajstić information content (AvgIpc) is 2.28. The van der Waals surface area contributed by atoms with Crippen LogP contribution in [0.25, 0.3) is 0 Å². The number of sulfone groups is 1. The molecule has 90 valence electrons. The second kappa shape index (κ2) is 4.72. The Hall–Kier alpha value is -1.61. The zero-order valence-corrected chi connectivity index (χ0v) is 10.1. The molecule has 0 amide bonds. The van der Waals surface area contributed by atoms with Crippen molar-refractivity contribution in [3.05, 3.63) is 23.9 Å². The molecule has 0 saturated carbocycles. The summed E-state index contributed by atoms with van der Waals surface area (Å²) in [5, 5.41) is 11.9. The van der Waals surface area contributed by atoms with Crippen LogP contribution in [-0.4, -0.2) is 30.9 Å². The monoisotopic (exact) mass is 251 g/mol. The van der Waals surface area contributed by atoms with Gasteiger partial charge >= 0.3 is 0 Å². The van der Waals surface area contributed by atoms with Gasteiger partial charge in [0.1, 0.15) is 11.9 Å². The number of nitriles is 1. The van der Waals surface area contributed by atoms with Gasteiger partial charge in [-0.25, -0.2) is 13.4 Å². The molecule has 1 aliphatic heterocycles. The quantitative estimate of drug-likeness (QED) is 0.845. The van der Waals surface area contributed by atoms with Gasteiger partial charge in [0.25, 0.3) is 0 Å². The molecular formula is C11H13N3O2S. The van der Waals surface area contributed by atoms with Gasteiger partial charge in [-0.2, -0.15) is 5.26 Å². The topological polar surface area (TPSA) is 82.8 Å². The predicted molar refractivity (Wildman–Crippen MR) is 64.3 cm³/mol. The summed E-state index contributed by atoms with van der Waals surface area (Å²) in [4.78, 5) is 4.06. The van der Waals surface area contributed by atoms with Crippen molar-refractivity contribution in [1.82, 2.24) is 4.98 Å². The third-order valence-electron chi connectivity index (χ3n) is 2.73. The van der Waals surface area contributed by atoms with Crippen molar-refractivity contribution >= 4 is 15.7 Å². The van der Waals surface area contributed by atoms with Crippen molar-refractivity contribution in [2.24, 2.45) is 0 Å². The summed E-state index contributed by atoms with van der Waals surface area (Å²) in [6.45, 7) is 0. The summed E-state index contributed by atoms with van der Waals surface area (Å²) in [6, 6.07) is 5.23. The minimum Gasteiger partial charge on any atom is -0.365 e. The molecule has 0 spiro atoms. The third-order valence-corrected chi connectivity index (χ3v) is 4.55. The van der Waals surface area contributed by atoms with Crippen molar-refractivity contribution in [2.75, 3.05) is 16.8 Å². The van der Waals surface area contributed by atoms with Gasteiger partial charge in [-0.05, 0) is 25.0 Å². The number of rotatable bonds is 2. The highest BCUT2D eigenvalue weighted by molar-refractivity contribution is 7.91. The standard InChI is InChI=1S/C11H13N3O2S/c12-7-9-3-1-5-13-11(9)14-10-4-2-6-17(15,16)8-10/h1,3,5,10H,2,4,6,8H2,(H,13,14). The Bertz CT molecular complexity index is 548. The molecule has 1 aromatic heterocycles. The van der Waals surface area contributed by atoms with Gasteiger partial charge in [0.05, 0.1) is 17.1 Å². The molecule has 17 heavy (non-hydrogen) atoms. The van der Waals surface area contributed by atoms with E-state index in [2.05, 4.69) is 10.3 Å². The van der Waals surface area contributed by atoms with Crippen LogP contribution in [0.2, 0.25) is 0 Å². The summed E-state index contributed by atoms with van der Waals surface area (Å²) < 4.78 is 23.0. The molecule has 2 rings (SSSR count). The molecule has 1 aromatic rings. The fraction of sp³-hybridized carbons (Fsp3) is 0.455. The molecule has 1 N–H and O–H groups in total. The van der Waals surface area contributed by atoms with Gasteiger partial charge in [-0.15, -0.1) is 0 Å². The molecule has 6 heteroatoms. The molecule has 1 unspecified atom stereocenters. The van der Waals surface area contributed by atoms with Crippen LogP contribution in [0.3, 0.4) is 0 Å². The van der Waals surface area contributed by atoms with E-state index in [-0.39, 0.29) is 17.5 Å². The lowest BCUT2D eigenvalue weighted by Crippen LogP contribution is -2.35. The van der Waals surface area contributed by atoms with E-state index in [9.17, 15) is 8.42 Å². The van der Waals surface area contributed by atoms with Gasteiger partial charge in [0, 0.05) is 12.2 Å². The summed E-state index contributed by atoms with van der Waals surface area (Å²) in [6.07, 6.45) is 3.04. The first-order chi connectivity index (χ1) is 8.11. The second-order valence-corrected chi connectivity index (χ2v) is 6.34. The number of anilines is 1. The van der Waals surface area contributed by atoms with E-state index in [0.29, 0.717) is 17.8 Å². The third kappa shape index (κ3) is 2.94. The van der Waals surface area contributed by atoms with E-state index in [4.69, 9.17) is 5.26 Å². The second-order valence-electron chi connectivity index (χ2n) is 4.11. The Labute approximate surface area is 100 Å². The van der Waals surface area contributed by atoms with Crippen molar-refractivity contribution in [2.45, 2.75) is 18.9 Å². The van der Waals surface area contributed by atoms with Crippen LogP contribution in [0.1, 0.15) is 18.4 Å². The smallest absolute Gasteiger partial charge is 0.152 e. The lowest BCUT2D eigenvalue weighted by Gasteiger charge is -2.23. The first-order valence-corrected chi connectivity index (χ1v) is 7.25. The molecule has 0 bridgehead atoms. The zero-order chi connectivity index (χ0) is 12.3. The zero-order valence-electron chi connectivity index (χ0n) is 9.26. The largest absolute Gasteiger partial charge is 0.365 e. The van der Waals surface area contributed by atoms with Crippen LogP contribution in [0.4, 0.5) is 5.82 Å². The summed E-state index contributed by atoms with van der Waals surface area (Å²) in [5.74, 6) is 0.851. The fourth-order valence-electron chi connectivity index (χ4n) is 1.94. The van der Waals surface area contributed by atoms with Crippen LogP contribution < -0.4 is 5.32 Å². The number of aromatic nitrogens is 1. The molecule has 1 aliphatic rings. The minimum atomic E-state index is -2.94. The molecule has 0 aliphatic carbocycles. The van der Waals surface area contributed by atoms with Crippen LogP contribution >= 0.6 is 0 Å². The molecule has 1 saturated heterocycles. The predicted octanol–water partition coefficient (Wildman–Crippen LogP) is 0.942. The van der Waals surface area contributed by atoms with E-state index in [1.807, 2.05) is 6.07 Å². The van der Waals surface area contributed by atoms with Gasteiger partial charge < -0.3 is 5.32 Å². The first kappa shape index (κ1) is 11.9. The highest BCUT2D eigenvalue weighted by Gasteiger charge is 2.25. The Morgan fingerprint density at radius 3 is 3.06 bits per heavy atom. The number of hydrogen-bond donors (Lipinski definition) is 1. The maximum atomic E-state index is 11.5. The minimum absolute atomic E-state index is 0.119. The first-order valence-electron chi connectivity index (χ1n) is 5.43. The van der Waals surface area contributed by atoms with Gasteiger partial charge in [-0.3, -0.25) is 0 Å². The average molecular weight is 251 g/mol. The maximum Gasteiger partial charge on any atom is 0.152 e. The molecule has 5 nitrogen and oxygen atoms in total. The number of nitrogens with one attached hydrogen (secondary N) is 1. The van der Waals surface area contributed by atoms with Crippen molar-refractivity contribution in [3.8, 4) is 6.07 Å². The van der Waals surface area contributed by atoms with Crippen molar-refractivity contribution in [3.63, 3.8) is 0 Å². The molecular weight excluding hydrogens is 238 g/mol. The molecule has 0 aromatic carbocycles. The number of hydrogen-bond acceptors (Lipinski definition) is 5. The maximum absolute atomic E-state index is 11.5.